The molecule has 5 nitrogen and oxygen atoms in total. The Labute approximate surface area is 130 Å². The Bertz CT molecular complexity index is 646. The minimum Gasteiger partial charge on any atom is -0.378 e. The van der Waals surface area contributed by atoms with Crippen molar-refractivity contribution in [2.24, 2.45) is 11.1 Å². The van der Waals surface area contributed by atoms with Crippen LogP contribution in [0.4, 0.5) is 4.39 Å². The zero-order chi connectivity index (χ0) is 15.7. The molecule has 3 N–H and O–H groups in total. The van der Waals surface area contributed by atoms with Gasteiger partial charge in [-0.2, -0.15) is 0 Å². The first-order valence-corrected chi connectivity index (χ1v) is 9.14. The molecule has 1 heterocycles. The molecule has 0 radical (unpaired) electrons. The van der Waals surface area contributed by atoms with Gasteiger partial charge >= 0.3 is 0 Å². The molecule has 3 rings (SSSR count). The molecule has 2 aliphatic rings. The Morgan fingerprint density at radius 1 is 1.32 bits per heavy atom. The fraction of sp³-hybridized carbons (Fsp3) is 0.600. The normalized spacial score (nSPS) is 26.1. The zero-order valence-electron chi connectivity index (χ0n) is 12.3. The summed E-state index contributed by atoms with van der Waals surface area (Å²) in [7, 11) is -4.03. The fourth-order valence-electron chi connectivity index (χ4n) is 2.95. The first kappa shape index (κ1) is 15.9. The maximum Gasteiger partial charge on any atom is 0.240 e. The number of hydrogen-bond acceptors (Lipinski definition) is 4. The van der Waals surface area contributed by atoms with Gasteiger partial charge in [-0.05, 0) is 49.3 Å². The van der Waals surface area contributed by atoms with Gasteiger partial charge in [0.05, 0.1) is 6.10 Å². The standard InChI is InChI=1S/C15H21FN2O3S/c16-13-4-1-10(7-15(13)22(17,19)20)9-18-12-5-6-21-14(8-12)11-2-3-11/h1,4,7,11-12,14,18H,2-3,5-6,8-9H2,(H2,17,19,20). The molecule has 2 fully saturated rings. The lowest BCUT2D eigenvalue weighted by Gasteiger charge is -2.30. The summed E-state index contributed by atoms with van der Waals surface area (Å²) in [5.74, 6) is -0.101. The van der Waals surface area contributed by atoms with E-state index in [0.29, 0.717) is 30.2 Å². The van der Waals surface area contributed by atoms with Gasteiger partial charge in [-0.15, -0.1) is 0 Å². The average Bonchev–Trinajstić information content (AvgIpc) is 3.30. The van der Waals surface area contributed by atoms with Crippen LogP contribution in [-0.2, 0) is 21.3 Å². The Morgan fingerprint density at radius 3 is 2.77 bits per heavy atom. The van der Waals surface area contributed by atoms with Crippen molar-refractivity contribution >= 4 is 10.0 Å². The van der Waals surface area contributed by atoms with E-state index < -0.39 is 20.7 Å². The number of halogens is 1. The van der Waals surface area contributed by atoms with E-state index in [2.05, 4.69) is 5.32 Å². The summed E-state index contributed by atoms with van der Waals surface area (Å²) in [5, 5.41) is 8.43. The molecule has 22 heavy (non-hydrogen) atoms. The minimum absolute atomic E-state index is 0.347. The molecule has 0 spiro atoms. The SMILES string of the molecule is NS(=O)(=O)c1cc(CNC2CCOC(C3CC3)C2)ccc1F. The number of sulfonamides is 1. The first-order valence-electron chi connectivity index (χ1n) is 7.59. The number of nitrogens with one attached hydrogen (secondary N) is 1. The maximum atomic E-state index is 13.5. The van der Waals surface area contributed by atoms with E-state index in [0.717, 1.165) is 25.5 Å². The smallest absolute Gasteiger partial charge is 0.240 e. The van der Waals surface area contributed by atoms with Crippen LogP contribution >= 0.6 is 0 Å². The Kier molecular flexibility index (Phi) is 4.49. The van der Waals surface area contributed by atoms with E-state index >= 15 is 0 Å². The van der Waals surface area contributed by atoms with Crippen LogP contribution in [0.25, 0.3) is 0 Å². The lowest BCUT2D eigenvalue weighted by molar-refractivity contribution is -0.0113. The van der Waals surface area contributed by atoms with Gasteiger partial charge in [0.25, 0.3) is 0 Å². The van der Waals surface area contributed by atoms with Crippen molar-refractivity contribution in [2.75, 3.05) is 6.61 Å². The number of rotatable bonds is 5. The third kappa shape index (κ3) is 3.84. The van der Waals surface area contributed by atoms with Crippen molar-refractivity contribution in [3.05, 3.63) is 29.6 Å². The van der Waals surface area contributed by atoms with Crippen molar-refractivity contribution < 1.29 is 17.5 Å². The monoisotopic (exact) mass is 328 g/mol. The van der Waals surface area contributed by atoms with Crippen LogP contribution in [0, 0.1) is 11.7 Å². The third-order valence-corrected chi connectivity index (χ3v) is 5.29. The van der Waals surface area contributed by atoms with Gasteiger partial charge < -0.3 is 10.1 Å². The van der Waals surface area contributed by atoms with Crippen LogP contribution in [0.1, 0.15) is 31.2 Å². The Morgan fingerprint density at radius 2 is 2.09 bits per heavy atom. The third-order valence-electron chi connectivity index (χ3n) is 4.36. The van der Waals surface area contributed by atoms with Crippen molar-refractivity contribution in [1.82, 2.24) is 5.32 Å². The second-order valence-corrected chi connectivity index (χ2v) is 7.69. The van der Waals surface area contributed by atoms with E-state index in [1.165, 1.54) is 18.9 Å². The average molecular weight is 328 g/mol. The minimum atomic E-state index is -4.03. The van der Waals surface area contributed by atoms with Gasteiger partial charge in [0, 0.05) is 19.2 Å². The molecule has 1 aromatic carbocycles. The van der Waals surface area contributed by atoms with E-state index in [1.807, 2.05) is 0 Å². The second-order valence-electron chi connectivity index (χ2n) is 6.16. The quantitative estimate of drug-likeness (QED) is 0.859. The molecular formula is C15H21FN2O3S. The Hall–Kier alpha value is -1.02. The largest absolute Gasteiger partial charge is 0.378 e. The number of benzene rings is 1. The van der Waals surface area contributed by atoms with Crippen LogP contribution < -0.4 is 10.5 Å². The highest BCUT2D eigenvalue weighted by molar-refractivity contribution is 7.89. The molecule has 1 aromatic rings. The lowest BCUT2D eigenvalue weighted by atomic mass is 10.00. The highest BCUT2D eigenvalue weighted by atomic mass is 32.2. The lowest BCUT2D eigenvalue weighted by Crippen LogP contribution is -2.39. The number of hydrogen-bond donors (Lipinski definition) is 2. The van der Waals surface area contributed by atoms with Gasteiger partial charge in [-0.1, -0.05) is 6.07 Å². The molecule has 0 amide bonds. The predicted octanol–water partition coefficient (Wildman–Crippen LogP) is 1.52. The molecule has 2 unspecified atom stereocenters. The topological polar surface area (TPSA) is 81.4 Å². The van der Waals surface area contributed by atoms with Gasteiger partial charge in [0.2, 0.25) is 10.0 Å². The van der Waals surface area contributed by atoms with Crippen LogP contribution in [0.15, 0.2) is 23.1 Å². The van der Waals surface area contributed by atoms with Crippen LogP contribution in [0.5, 0.6) is 0 Å². The second kappa shape index (κ2) is 6.23. The van der Waals surface area contributed by atoms with Crippen LogP contribution in [0.2, 0.25) is 0 Å². The van der Waals surface area contributed by atoms with E-state index in [1.54, 1.807) is 6.07 Å². The summed E-state index contributed by atoms with van der Waals surface area (Å²) in [6, 6.07) is 4.37. The molecule has 1 aliphatic heterocycles. The van der Waals surface area contributed by atoms with Crippen molar-refractivity contribution in [3.8, 4) is 0 Å². The van der Waals surface area contributed by atoms with Crippen molar-refractivity contribution in [1.29, 1.82) is 0 Å². The summed E-state index contributed by atoms with van der Waals surface area (Å²) in [6.45, 7) is 1.25. The van der Waals surface area contributed by atoms with Gasteiger partial charge in [-0.3, -0.25) is 0 Å². The molecule has 7 heteroatoms. The summed E-state index contributed by atoms with van der Waals surface area (Å²) < 4.78 is 42.0. The van der Waals surface area contributed by atoms with E-state index in [4.69, 9.17) is 9.88 Å². The first-order chi connectivity index (χ1) is 10.4. The molecule has 2 atom stereocenters. The van der Waals surface area contributed by atoms with E-state index in [-0.39, 0.29) is 0 Å². The van der Waals surface area contributed by atoms with Gasteiger partial charge in [0.1, 0.15) is 10.7 Å². The fourth-order valence-corrected chi connectivity index (χ4v) is 3.60. The van der Waals surface area contributed by atoms with Gasteiger partial charge in [-0.25, -0.2) is 17.9 Å². The highest BCUT2D eigenvalue weighted by Crippen LogP contribution is 2.38. The number of nitrogens with two attached hydrogens (primary N) is 1. The van der Waals surface area contributed by atoms with Crippen LogP contribution in [-0.4, -0.2) is 27.2 Å². The predicted molar refractivity (Wildman–Crippen MR) is 80.1 cm³/mol. The molecule has 0 aromatic heterocycles. The summed E-state index contributed by atoms with van der Waals surface area (Å²) >= 11 is 0. The maximum absolute atomic E-state index is 13.5. The molecular weight excluding hydrogens is 307 g/mol. The summed E-state index contributed by atoms with van der Waals surface area (Å²) in [6.07, 6.45) is 4.78. The molecule has 122 valence electrons. The molecule has 0 bridgehead atoms. The highest BCUT2D eigenvalue weighted by Gasteiger charge is 2.35. The molecule has 1 aliphatic carbocycles. The van der Waals surface area contributed by atoms with Crippen molar-refractivity contribution in [3.63, 3.8) is 0 Å². The van der Waals surface area contributed by atoms with Crippen LogP contribution in [0.3, 0.4) is 0 Å². The number of ether oxygens (including phenoxy) is 1. The Balaban J connectivity index is 1.61. The molecule has 1 saturated heterocycles. The summed E-state index contributed by atoms with van der Waals surface area (Å²) in [5.41, 5.74) is 0.708. The number of primary sulfonamides is 1. The zero-order valence-corrected chi connectivity index (χ0v) is 13.1. The van der Waals surface area contributed by atoms with Gasteiger partial charge in [0.15, 0.2) is 0 Å². The van der Waals surface area contributed by atoms with E-state index in [9.17, 15) is 12.8 Å². The van der Waals surface area contributed by atoms with Crippen molar-refractivity contribution in [2.45, 2.75) is 49.3 Å². The molecule has 1 saturated carbocycles. The summed E-state index contributed by atoms with van der Waals surface area (Å²) in [4.78, 5) is -0.449.